The minimum absolute atomic E-state index is 0.0227. The van der Waals surface area contributed by atoms with E-state index in [2.05, 4.69) is 17.6 Å². The van der Waals surface area contributed by atoms with Gasteiger partial charge in [-0.25, -0.2) is 4.79 Å². The second-order valence-electron chi connectivity index (χ2n) is 10.2. The van der Waals surface area contributed by atoms with E-state index in [1.807, 2.05) is 0 Å². The summed E-state index contributed by atoms with van der Waals surface area (Å²) in [5, 5.41) is 25.2. The molecule has 0 aromatic heterocycles. The molecule has 3 amide bonds. The number of aliphatic hydroxyl groups excluding tert-OH is 1. The van der Waals surface area contributed by atoms with Gasteiger partial charge in [-0.2, -0.15) is 0 Å². The van der Waals surface area contributed by atoms with Crippen molar-refractivity contribution in [2.75, 3.05) is 26.3 Å². The quantitative estimate of drug-likeness (QED) is 0.180. The number of phenols is 1. The van der Waals surface area contributed by atoms with Crippen LogP contribution in [0.15, 0.2) is 24.3 Å². The lowest BCUT2D eigenvalue weighted by Crippen LogP contribution is -2.54. The molecule has 11 heteroatoms. The van der Waals surface area contributed by atoms with E-state index in [0.717, 1.165) is 25.7 Å². The first kappa shape index (κ1) is 33.7. The molecule has 0 aliphatic heterocycles. The average molecular weight is 552 g/mol. The van der Waals surface area contributed by atoms with Crippen LogP contribution in [0.1, 0.15) is 84.7 Å². The van der Waals surface area contributed by atoms with Gasteiger partial charge in [0.1, 0.15) is 23.4 Å². The minimum Gasteiger partial charge on any atom is -0.508 e. The van der Waals surface area contributed by atoms with E-state index in [1.165, 1.54) is 17.0 Å². The Hall–Kier alpha value is -3.34. The van der Waals surface area contributed by atoms with Crippen molar-refractivity contribution in [2.45, 2.75) is 90.8 Å². The zero-order chi connectivity index (χ0) is 29.4. The number of benzene rings is 1. The van der Waals surface area contributed by atoms with Crippen LogP contribution in [0.2, 0.25) is 0 Å². The number of unbranched alkanes of at least 4 members (excludes halogenated alkanes) is 4. The third-order valence-corrected chi connectivity index (χ3v) is 5.64. The van der Waals surface area contributed by atoms with Crippen LogP contribution in [0.5, 0.6) is 5.75 Å². The number of carbonyl (C=O) groups excluding carboxylic acids is 4. The van der Waals surface area contributed by atoms with Gasteiger partial charge in [0, 0.05) is 13.1 Å². The summed E-state index contributed by atoms with van der Waals surface area (Å²) >= 11 is 0. The van der Waals surface area contributed by atoms with Gasteiger partial charge < -0.3 is 35.2 Å². The molecule has 4 N–H and O–H groups in total. The number of nitrogens with zero attached hydrogens (tertiary/aromatic N) is 1. The Morgan fingerprint density at radius 1 is 1.05 bits per heavy atom. The molecule has 1 rings (SSSR count). The number of nitrogens with one attached hydrogen (secondary N) is 2. The zero-order valence-corrected chi connectivity index (χ0v) is 23.8. The molecule has 2 atom stereocenters. The SMILES string of the molecule is CCCCCCCN(C(=O)C(CO)NC(=O)OC(C)(C)C)C(C(=O)NCCC(=O)OCC)c1cccc(O)c1. The lowest BCUT2D eigenvalue weighted by Gasteiger charge is -2.34. The van der Waals surface area contributed by atoms with E-state index in [9.17, 15) is 29.4 Å². The van der Waals surface area contributed by atoms with Crippen LogP contribution in [-0.4, -0.2) is 76.9 Å². The molecule has 0 radical (unpaired) electrons. The van der Waals surface area contributed by atoms with E-state index in [0.29, 0.717) is 12.0 Å². The number of esters is 1. The first-order valence-electron chi connectivity index (χ1n) is 13.6. The number of hydrogen-bond acceptors (Lipinski definition) is 8. The minimum atomic E-state index is -1.37. The summed E-state index contributed by atoms with van der Waals surface area (Å²) in [4.78, 5) is 52.7. The van der Waals surface area contributed by atoms with Crippen molar-refractivity contribution in [2.24, 2.45) is 0 Å². The Morgan fingerprint density at radius 3 is 2.33 bits per heavy atom. The molecule has 1 aromatic rings. The second kappa shape index (κ2) is 17.3. The molecular weight excluding hydrogens is 506 g/mol. The molecular formula is C28H45N3O8. The number of aromatic hydroxyl groups is 1. The summed E-state index contributed by atoms with van der Waals surface area (Å²) in [7, 11) is 0. The van der Waals surface area contributed by atoms with Gasteiger partial charge in [-0.3, -0.25) is 14.4 Å². The van der Waals surface area contributed by atoms with E-state index in [-0.39, 0.29) is 31.9 Å². The summed E-state index contributed by atoms with van der Waals surface area (Å²) < 4.78 is 10.1. The Morgan fingerprint density at radius 2 is 1.74 bits per heavy atom. The third kappa shape index (κ3) is 12.8. The first-order chi connectivity index (χ1) is 18.4. The van der Waals surface area contributed by atoms with Crippen LogP contribution in [-0.2, 0) is 23.9 Å². The van der Waals surface area contributed by atoms with Crippen LogP contribution in [0.4, 0.5) is 4.79 Å². The van der Waals surface area contributed by atoms with Crippen LogP contribution in [0.25, 0.3) is 0 Å². The van der Waals surface area contributed by atoms with Gasteiger partial charge in [-0.15, -0.1) is 0 Å². The maximum Gasteiger partial charge on any atom is 0.408 e. The standard InChI is InChI=1S/C28H45N3O8/c1-6-8-9-10-11-17-31(26(36)22(19-32)30-27(37)39-28(3,4)5)24(20-13-12-14-21(33)18-20)25(35)29-16-15-23(34)38-7-2/h12-14,18,22,24,32-33H,6-11,15-17,19H2,1-5H3,(H,29,35)(H,30,37). The van der Waals surface area contributed by atoms with E-state index < -0.39 is 48.2 Å². The highest BCUT2D eigenvalue weighted by Crippen LogP contribution is 2.26. The first-order valence-corrected chi connectivity index (χ1v) is 13.6. The van der Waals surface area contributed by atoms with Gasteiger partial charge >= 0.3 is 12.1 Å². The fourth-order valence-corrected chi connectivity index (χ4v) is 3.87. The highest BCUT2D eigenvalue weighted by molar-refractivity contribution is 5.92. The average Bonchev–Trinajstić information content (AvgIpc) is 2.85. The van der Waals surface area contributed by atoms with Crippen molar-refractivity contribution in [3.8, 4) is 5.75 Å². The molecule has 0 bridgehead atoms. The van der Waals surface area contributed by atoms with Crippen molar-refractivity contribution in [3.05, 3.63) is 29.8 Å². The Bertz CT molecular complexity index is 932. The van der Waals surface area contributed by atoms with Crippen LogP contribution >= 0.6 is 0 Å². The number of hydrogen-bond donors (Lipinski definition) is 4. The maximum absolute atomic E-state index is 13.7. The van der Waals surface area contributed by atoms with Crippen molar-refractivity contribution in [1.82, 2.24) is 15.5 Å². The number of rotatable bonds is 16. The predicted molar refractivity (Wildman–Crippen MR) is 146 cm³/mol. The van der Waals surface area contributed by atoms with Crippen LogP contribution in [0.3, 0.4) is 0 Å². The fraction of sp³-hybridized carbons (Fsp3) is 0.643. The molecule has 0 fully saturated rings. The molecule has 0 saturated carbocycles. The normalized spacial score (nSPS) is 12.7. The van der Waals surface area contributed by atoms with Crippen LogP contribution in [0, 0.1) is 0 Å². The van der Waals surface area contributed by atoms with Gasteiger partial charge in [-0.1, -0.05) is 44.7 Å². The second-order valence-corrected chi connectivity index (χ2v) is 10.2. The molecule has 1 aromatic carbocycles. The zero-order valence-electron chi connectivity index (χ0n) is 23.8. The number of alkyl carbamates (subject to hydrolysis) is 1. The van der Waals surface area contributed by atoms with Crippen molar-refractivity contribution in [3.63, 3.8) is 0 Å². The molecule has 0 spiro atoms. The lowest BCUT2D eigenvalue weighted by atomic mass is 10.0. The van der Waals surface area contributed by atoms with Gasteiger partial charge in [-0.05, 0) is 51.8 Å². The number of aliphatic hydroxyl groups is 1. The van der Waals surface area contributed by atoms with Gasteiger partial charge in [0.25, 0.3) is 0 Å². The van der Waals surface area contributed by atoms with Crippen LogP contribution < -0.4 is 10.6 Å². The van der Waals surface area contributed by atoms with Gasteiger partial charge in [0.15, 0.2) is 0 Å². The fourth-order valence-electron chi connectivity index (χ4n) is 3.87. The summed E-state index contributed by atoms with van der Waals surface area (Å²) in [6.45, 7) is 8.40. The summed E-state index contributed by atoms with van der Waals surface area (Å²) in [5.41, 5.74) is -0.492. The molecule has 11 nitrogen and oxygen atoms in total. The van der Waals surface area contributed by atoms with Crippen molar-refractivity contribution < 1.29 is 38.9 Å². The van der Waals surface area contributed by atoms with E-state index in [1.54, 1.807) is 39.8 Å². The predicted octanol–water partition coefficient (Wildman–Crippen LogP) is 3.19. The van der Waals surface area contributed by atoms with E-state index in [4.69, 9.17) is 9.47 Å². The monoisotopic (exact) mass is 551 g/mol. The van der Waals surface area contributed by atoms with Gasteiger partial charge in [0.2, 0.25) is 11.8 Å². The van der Waals surface area contributed by atoms with Gasteiger partial charge in [0.05, 0.1) is 19.6 Å². The largest absolute Gasteiger partial charge is 0.508 e. The topological polar surface area (TPSA) is 154 Å². The molecule has 220 valence electrons. The number of phenolic OH excluding ortho intramolecular Hbond substituents is 1. The maximum atomic E-state index is 13.7. The highest BCUT2D eigenvalue weighted by Gasteiger charge is 2.36. The molecule has 0 heterocycles. The molecule has 2 unspecified atom stereocenters. The number of carbonyl (C=O) groups is 4. The third-order valence-electron chi connectivity index (χ3n) is 5.64. The summed E-state index contributed by atoms with van der Waals surface area (Å²) in [5.74, 6) is -1.84. The molecule has 0 saturated heterocycles. The number of amides is 3. The summed E-state index contributed by atoms with van der Waals surface area (Å²) in [6, 6.07) is 3.40. The lowest BCUT2D eigenvalue weighted by molar-refractivity contribution is -0.144. The van der Waals surface area contributed by atoms with Crippen molar-refractivity contribution in [1.29, 1.82) is 0 Å². The van der Waals surface area contributed by atoms with E-state index >= 15 is 0 Å². The molecule has 0 aliphatic carbocycles. The number of ether oxygens (including phenoxy) is 2. The Kier molecular flexibility index (Phi) is 14.9. The Labute approximate surface area is 231 Å². The smallest absolute Gasteiger partial charge is 0.408 e. The molecule has 0 aliphatic rings. The summed E-state index contributed by atoms with van der Waals surface area (Å²) in [6.07, 6.45) is 3.43. The Balaban J connectivity index is 3.31. The highest BCUT2D eigenvalue weighted by atomic mass is 16.6. The van der Waals surface area contributed by atoms with Crippen molar-refractivity contribution >= 4 is 23.9 Å². The molecule has 39 heavy (non-hydrogen) atoms.